The van der Waals surface area contributed by atoms with Crippen LogP contribution >= 0.6 is 22.6 Å². The minimum Gasteiger partial charge on any atom is -0.507 e. The Balaban J connectivity index is 2.28. The molecule has 19 heavy (non-hydrogen) atoms. The van der Waals surface area contributed by atoms with E-state index in [4.69, 9.17) is 0 Å². The molecule has 3 N–H and O–H groups in total. The summed E-state index contributed by atoms with van der Waals surface area (Å²) in [5.41, 5.74) is 1.17. The first-order valence-corrected chi connectivity index (χ1v) is 6.79. The van der Waals surface area contributed by atoms with Gasteiger partial charge in [-0.25, -0.2) is 4.39 Å². The monoisotopic (exact) mass is 373 g/mol. The number of nitrogens with one attached hydrogen (secondary N) is 1. The topological polar surface area (TPSA) is 52.5 Å². The highest BCUT2D eigenvalue weighted by Gasteiger charge is 2.15. The molecular weight excluding hydrogens is 360 g/mol. The Labute approximate surface area is 124 Å². The van der Waals surface area contributed by atoms with Crippen LogP contribution in [0.3, 0.4) is 0 Å². The number of hydrogen-bond acceptors (Lipinski definition) is 3. The first kappa shape index (κ1) is 13.9. The first-order chi connectivity index (χ1) is 8.99. The van der Waals surface area contributed by atoms with Gasteiger partial charge in [-0.1, -0.05) is 6.07 Å². The second kappa shape index (κ2) is 5.64. The lowest BCUT2D eigenvalue weighted by Gasteiger charge is -2.19. The molecule has 0 radical (unpaired) electrons. The van der Waals surface area contributed by atoms with Gasteiger partial charge in [0.05, 0.1) is 11.6 Å². The van der Waals surface area contributed by atoms with Crippen LogP contribution in [0.15, 0.2) is 36.4 Å². The molecule has 0 spiro atoms. The second-order valence-corrected chi connectivity index (χ2v) is 5.36. The van der Waals surface area contributed by atoms with Crippen molar-refractivity contribution in [2.24, 2.45) is 0 Å². The predicted octanol–water partition coefficient (Wildman–Crippen LogP) is 4.01. The molecule has 3 nitrogen and oxygen atoms in total. The summed E-state index contributed by atoms with van der Waals surface area (Å²) in [5.74, 6) is -0.248. The number of benzene rings is 2. The summed E-state index contributed by atoms with van der Waals surface area (Å²) >= 11 is 2.03. The number of phenolic OH excluding ortho intramolecular Hbond substituents is 2. The standard InChI is InChI=1S/C14H13FINO2/c1-8(14-12(18)3-2-4-13(14)19)17-11-6-5-9(15)7-10(11)16/h2-8,17-19H,1H3. The van der Waals surface area contributed by atoms with Crippen molar-refractivity contribution in [3.8, 4) is 11.5 Å². The maximum Gasteiger partial charge on any atom is 0.124 e. The fourth-order valence-electron chi connectivity index (χ4n) is 1.90. The van der Waals surface area contributed by atoms with Gasteiger partial charge in [-0.05, 0) is 59.8 Å². The zero-order valence-electron chi connectivity index (χ0n) is 10.2. The zero-order chi connectivity index (χ0) is 14.0. The molecule has 0 saturated heterocycles. The minimum atomic E-state index is -0.305. The minimum absolute atomic E-state index is 0.0251. The lowest BCUT2D eigenvalue weighted by atomic mass is 10.1. The van der Waals surface area contributed by atoms with Gasteiger partial charge in [-0.2, -0.15) is 0 Å². The molecule has 0 aliphatic rings. The van der Waals surface area contributed by atoms with Crippen molar-refractivity contribution in [3.05, 3.63) is 51.3 Å². The Hall–Kier alpha value is -1.50. The van der Waals surface area contributed by atoms with Gasteiger partial charge in [-0.3, -0.25) is 0 Å². The summed E-state index contributed by atoms with van der Waals surface area (Å²) in [6.45, 7) is 1.81. The Bertz CT molecular complexity index is 584. The van der Waals surface area contributed by atoms with Crippen molar-refractivity contribution in [3.63, 3.8) is 0 Å². The Morgan fingerprint density at radius 1 is 1.16 bits per heavy atom. The lowest BCUT2D eigenvalue weighted by Crippen LogP contribution is -2.08. The molecule has 0 heterocycles. The SMILES string of the molecule is CC(Nc1ccc(F)cc1I)c1c(O)cccc1O. The second-order valence-electron chi connectivity index (χ2n) is 4.20. The molecule has 0 amide bonds. The third-order valence-corrected chi connectivity index (χ3v) is 3.69. The quantitative estimate of drug-likeness (QED) is 0.713. The van der Waals surface area contributed by atoms with E-state index in [2.05, 4.69) is 5.32 Å². The summed E-state index contributed by atoms with van der Waals surface area (Å²) in [7, 11) is 0. The van der Waals surface area contributed by atoms with Crippen LogP contribution in [0.5, 0.6) is 11.5 Å². The smallest absolute Gasteiger partial charge is 0.124 e. The number of halogens is 2. The number of hydrogen-bond donors (Lipinski definition) is 3. The molecule has 100 valence electrons. The van der Waals surface area contributed by atoms with E-state index in [1.807, 2.05) is 29.5 Å². The van der Waals surface area contributed by atoms with Crippen LogP contribution in [0.2, 0.25) is 0 Å². The summed E-state index contributed by atoms with van der Waals surface area (Å²) in [4.78, 5) is 0. The molecule has 5 heteroatoms. The molecular formula is C14H13FINO2. The predicted molar refractivity (Wildman–Crippen MR) is 80.9 cm³/mol. The van der Waals surface area contributed by atoms with E-state index in [1.165, 1.54) is 24.3 Å². The van der Waals surface area contributed by atoms with Gasteiger partial charge in [0.25, 0.3) is 0 Å². The van der Waals surface area contributed by atoms with Crippen molar-refractivity contribution in [2.75, 3.05) is 5.32 Å². The molecule has 2 rings (SSSR count). The van der Waals surface area contributed by atoms with Crippen LogP contribution in [-0.4, -0.2) is 10.2 Å². The molecule has 0 aromatic heterocycles. The molecule has 0 fully saturated rings. The maximum atomic E-state index is 13.0. The Kier molecular flexibility index (Phi) is 4.14. The van der Waals surface area contributed by atoms with Crippen molar-refractivity contribution in [2.45, 2.75) is 13.0 Å². The zero-order valence-corrected chi connectivity index (χ0v) is 12.3. The maximum absolute atomic E-state index is 13.0. The normalized spacial score (nSPS) is 12.2. The molecule has 0 aliphatic carbocycles. The Morgan fingerprint density at radius 3 is 2.37 bits per heavy atom. The average molecular weight is 373 g/mol. The van der Waals surface area contributed by atoms with Crippen molar-refractivity contribution in [1.82, 2.24) is 0 Å². The molecule has 1 atom stereocenters. The summed E-state index contributed by atoms with van der Waals surface area (Å²) in [5, 5.41) is 22.7. The van der Waals surface area contributed by atoms with Gasteiger partial charge >= 0.3 is 0 Å². The summed E-state index contributed by atoms with van der Waals surface area (Å²) in [6.07, 6.45) is 0. The molecule has 0 saturated carbocycles. The highest BCUT2D eigenvalue weighted by molar-refractivity contribution is 14.1. The van der Waals surface area contributed by atoms with Crippen LogP contribution in [0, 0.1) is 9.39 Å². The number of phenols is 2. The van der Waals surface area contributed by atoms with Crippen molar-refractivity contribution >= 4 is 28.3 Å². The van der Waals surface area contributed by atoms with Gasteiger partial charge < -0.3 is 15.5 Å². The third kappa shape index (κ3) is 3.09. The molecule has 2 aromatic carbocycles. The van der Waals surface area contributed by atoms with E-state index in [1.54, 1.807) is 12.1 Å². The van der Waals surface area contributed by atoms with E-state index in [-0.39, 0.29) is 23.4 Å². The summed E-state index contributed by atoms with van der Waals surface area (Å²) in [6, 6.07) is 8.71. The van der Waals surface area contributed by atoms with Gasteiger partial charge in [0.1, 0.15) is 17.3 Å². The average Bonchev–Trinajstić information content (AvgIpc) is 2.32. The van der Waals surface area contributed by atoms with Gasteiger partial charge in [0.2, 0.25) is 0 Å². The van der Waals surface area contributed by atoms with E-state index in [9.17, 15) is 14.6 Å². The van der Waals surface area contributed by atoms with Crippen LogP contribution in [0.25, 0.3) is 0 Å². The molecule has 0 aliphatic heterocycles. The third-order valence-electron chi connectivity index (χ3n) is 2.80. The lowest BCUT2D eigenvalue weighted by molar-refractivity contribution is 0.434. The first-order valence-electron chi connectivity index (χ1n) is 5.71. The van der Waals surface area contributed by atoms with E-state index in [0.717, 1.165) is 9.26 Å². The van der Waals surface area contributed by atoms with Gasteiger partial charge in [0.15, 0.2) is 0 Å². The van der Waals surface area contributed by atoms with Crippen LogP contribution in [-0.2, 0) is 0 Å². The molecule has 1 unspecified atom stereocenters. The molecule has 2 aromatic rings. The van der Waals surface area contributed by atoms with E-state index in [0.29, 0.717) is 5.56 Å². The van der Waals surface area contributed by atoms with Gasteiger partial charge in [0, 0.05) is 9.26 Å². The van der Waals surface area contributed by atoms with Crippen LogP contribution in [0.1, 0.15) is 18.5 Å². The van der Waals surface area contributed by atoms with E-state index < -0.39 is 0 Å². The number of aromatic hydroxyl groups is 2. The molecule has 0 bridgehead atoms. The number of rotatable bonds is 3. The van der Waals surface area contributed by atoms with Crippen molar-refractivity contribution < 1.29 is 14.6 Å². The largest absolute Gasteiger partial charge is 0.507 e. The van der Waals surface area contributed by atoms with Crippen LogP contribution < -0.4 is 5.32 Å². The van der Waals surface area contributed by atoms with Crippen LogP contribution in [0.4, 0.5) is 10.1 Å². The fourth-order valence-corrected chi connectivity index (χ4v) is 2.53. The highest BCUT2D eigenvalue weighted by atomic mass is 127. The van der Waals surface area contributed by atoms with E-state index >= 15 is 0 Å². The van der Waals surface area contributed by atoms with Gasteiger partial charge in [-0.15, -0.1) is 0 Å². The fraction of sp³-hybridized carbons (Fsp3) is 0.143. The number of anilines is 1. The Morgan fingerprint density at radius 2 is 1.79 bits per heavy atom. The summed E-state index contributed by atoms with van der Waals surface area (Å²) < 4.78 is 13.8. The van der Waals surface area contributed by atoms with Crippen molar-refractivity contribution in [1.29, 1.82) is 0 Å². The highest BCUT2D eigenvalue weighted by Crippen LogP contribution is 2.34.